The van der Waals surface area contributed by atoms with Crippen LogP contribution in [0.5, 0.6) is 0 Å². The van der Waals surface area contributed by atoms with Crippen LogP contribution in [0.15, 0.2) is 71.2 Å². The van der Waals surface area contributed by atoms with E-state index in [1.807, 2.05) is 37.3 Å². The van der Waals surface area contributed by atoms with Gasteiger partial charge < -0.3 is 5.11 Å². The summed E-state index contributed by atoms with van der Waals surface area (Å²) >= 11 is 3.46. The largest absolute Gasteiger partial charge is 0.392 e. The molecular weight excluding hydrogens is 324 g/mol. The van der Waals surface area contributed by atoms with E-state index in [4.69, 9.17) is 0 Å². The van der Waals surface area contributed by atoms with Gasteiger partial charge in [-0.1, -0.05) is 64.0 Å². The van der Waals surface area contributed by atoms with Crippen LogP contribution in [0.4, 0.5) is 0 Å². The van der Waals surface area contributed by atoms with Gasteiger partial charge in [0.25, 0.3) is 0 Å². The van der Waals surface area contributed by atoms with Crippen LogP contribution in [0, 0.1) is 0 Å². The van der Waals surface area contributed by atoms with Gasteiger partial charge in [0, 0.05) is 10.4 Å². The Morgan fingerprint density at radius 3 is 2.29 bits per heavy atom. The summed E-state index contributed by atoms with van der Waals surface area (Å²) in [6.45, 7) is 6.02. The Balaban J connectivity index is 2.18. The maximum absolute atomic E-state index is 10.7. The van der Waals surface area contributed by atoms with E-state index in [-0.39, 0.29) is 5.92 Å². The highest BCUT2D eigenvalue weighted by molar-refractivity contribution is 9.10. The van der Waals surface area contributed by atoms with Crippen molar-refractivity contribution in [2.24, 2.45) is 0 Å². The van der Waals surface area contributed by atoms with E-state index in [0.717, 1.165) is 27.6 Å². The molecule has 0 saturated carbocycles. The second kappa shape index (κ2) is 7.58. The van der Waals surface area contributed by atoms with Gasteiger partial charge >= 0.3 is 0 Å². The lowest BCUT2D eigenvalue weighted by molar-refractivity contribution is 0.142. The van der Waals surface area contributed by atoms with E-state index in [1.165, 1.54) is 0 Å². The quantitative estimate of drug-likeness (QED) is 0.722. The Morgan fingerprint density at radius 2 is 1.71 bits per heavy atom. The van der Waals surface area contributed by atoms with Crippen molar-refractivity contribution in [3.8, 4) is 0 Å². The normalized spacial score (nSPS) is 13.7. The zero-order valence-corrected chi connectivity index (χ0v) is 13.9. The monoisotopic (exact) mass is 344 g/mol. The Hall–Kier alpha value is -1.38. The molecule has 0 aliphatic rings. The molecule has 0 unspecified atom stereocenters. The molecule has 0 aromatic heterocycles. The van der Waals surface area contributed by atoms with E-state index < -0.39 is 6.10 Å². The fourth-order valence-corrected chi connectivity index (χ4v) is 2.82. The van der Waals surface area contributed by atoms with E-state index in [9.17, 15) is 5.11 Å². The van der Waals surface area contributed by atoms with Gasteiger partial charge in [0.05, 0.1) is 6.10 Å². The Bertz CT molecular complexity index is 574. The number of hydrogen-bond acceptors (Lipinski definition) is 1. The lowest BCUT2D eigenvalue weighted by atomic mass is 9.85. The van der Waals surface area contributed by atoms with Crippen molar-refractivity contribution in [3.63, 3.8) is 0 Å². The number of hydrogen-bond donors (Lipinski definition) is 1. The van der Waals surface area contributed by atoms with Gasteiger partial charge in [-0.3, -0.25) is 0 Å². The Kier molecular flexibility index (Phi) is 5.77. The van der Waals surface area contributed by atoms with Crippen LogP contribution < -0.4 is 0 Å². The summed E-state index contributed by atoms with van der Waals surface area (Å²) in [4.78, 5) is 0. The summed E-state index contributed by atoms with van der Waals surface area (Å²) in [7, 11) is 0. The minimum absolute atomic E-state index is 0.0795. The second-order valence-corrected chi connectivity index (χ2v) is 6.49. The molecule has 0 radical (unpaired) electrons. The summed E-state index contributed by atoms with van der Waals surface area (Å²) < 4.78 is 1.05. The molecule has 0 fully saturated rings. The molecule has 1 N–H and O–H groups in total. The average molecular weight is 345 g/mol. The molecule has 2 aromatic rings. The average Bonchev–Trinajstić information content (AvgIpc) is 2.46. The van der Waals surface area contributed by atoms with Crippen molar-refractivity contribution >= 4 is 15.9 Å². The SMILES string of the molecule is C=C(C)C[C@H](c1ccc(Br)cc1)[C@@H](O)Cc1ccccc1. The zero-order valence-electron chi connectivity index (χ0n) is 12.3. The first kappa shape index (κ1) is 16.0. The molecule has 110 valence electrons. The molecule has 0 bridgehead atoms. The molecular formula is C19H21BrO. The van der Waals surface area contributed by atoms with E-state index in [1.54, 1.807) is 0 Å². The Labute approximate surface area is 135 Å². The molecule has 21 heavy (non-hydrogen) atoms. The number of aliphatic hydroxyl groups is 1. The summed E-state index contributed by atoms with van der Waals surface area (Å²) in [5.74, 6) is 0.0795. The van der Waals surface area contributed by atoms with Gasteiger partial charge in [-0.25, -0.2) is 0 Å². The number of rotatable bonds is 6. The van der Waals surface area contributed by atoms with Crippen molar-refractivity contribution in [1.82, 2.24) is 0 Å². The van der Waals surface area contributed by atoms with Crippen molar-refractivity contribution in [3.05, 3.63) is 82.3 Å². The summed E-state index contributed by atoms with van der Waals surface area (Å²) in [5.41, 5.74) is 3.41. The summed E-state index contributed by atoms with van der Waals surface area (Å²) in [6.07, 6.45) is 1.05. The minimum Gasteiger partial charge on any atom is -0.392 e. The van der Waals surface area contributed by atoms with Gasteiger partial charge in [-0.15, -0.1) is 6.58 Å². The molecule has 1 nitrogen and oxygen atoms in total. The zero-order chi connectivity index (χ0) is 15.2. The van der Waals surface area contributed by atoms with Gasteiger partial charge in [0.15, 0.2) is 0 Å². The Morgan fingerprint density at radius 1 is 1.10 bits per heavy atom. The van der Waals surface area contributed by atoms with Gasteiger partial charge in [0.2, 0.25) is 0 Å². The molecule has 0 saturated heterocycles. The van der Waals surface area contributed by atoms with Crippen molar-refractivity contribution in [2.45, 2.75) is 31.8 Å². The third kappa shape index (κ3) is 4.83. The van der Waals surface area contributed by atoms with Crippen LogP contribution in [0.3, 0.4) is 0 Å². The van der Waals surface area contributed by atoms with Crippen LogP contribution in [0.1, 0.15) is 30.4 Å². The summed E-state index contributed by atoms with van der Waals surface area (Å²) in [5, 5.41) is 10.7. The number of allylic oxidation sites excluding steroid dienone is 1. The van der Waals surface area contributed by atoms with Crippen LogP contribution in [0.2, 0.25) is 0 Å². The standard InChI is InChI=1S/C19H21BrO/c1-14(2)12-18(16-8-10-17(20)11-9-16)19(21)13-15-6-4-3-5-7-15/h3-11,18-19,21H,1,12-13H2,2H3/t18-,19+/m1/s1. The summed E-state index contributed by atoms with van der Waals surface area (Å²) in [6, 6.07) is 18.3. The number of halogens is 1. The predicted octanol–water partition coefficient (Wildman–Crippen LogP) is 5.10. The highest BCUT2D eigenvalue weighted by atomic mass is 79.9. The molecule has 0 spiro atoms. The lowest BCUT2D eigenvalue weighted by Crippen LogP contribution is -2.21. The molecule has 0 heterocycles. The molecule has 2 heteroatoms. The maximum atomic E-state index is 10.7. The minimum atomic E-state index is -0.412. The molecule has 0 amide bonds. The topological polar surface area (TPSA) is 20.2 Å². The second-order valence-electron chi connectivity index (χ2n) is 5.58. The van der Waals surface area contributed by atoms with Crippen LogP contribution in [-0.2, 0) is 6.42 Å². The van der Waals surface area contributed by atoms with E-state index >= 15 is 0 Å². The lowest BCUT2D eigenvalue weighted by Gasteiger charge is -2.24. The van der Waals surface area contributed by atoms with Crippen LogP contribution in [0.25, 0.3) is 0 Å². The highest BCUT2D eigenvalue weighted by Crippen LogP contribution is 2.29. The van der Waals surface area contributed by atoms with E-state index in [2.05, 4.69) is 46.8 Å². The molecule has 0 aliphatic carbocycles. The molecule has 2 atom stereocenters. The molecule has 2 rings (SSSR count). The van der Waals surface area contributed by atoms with Crippen molar-refractivity contribution in [2.75, 3.05) is 0 Å². The highest BCUT2D eigenvalue weighted by Gasteiger charge is 2.21. The van der Waals surface area contributed by atoms with Crippen molar-refractivity contribution in [1.29, 1.82) is 0 Å². The van der Waals surface area contributed by atoms with Crippen LogP contribution in [-0.4, -0.2) is 11.2 Å². The first-order chi connectivity index (χ1) is 10.1. The van der Waals surface area contributed by atoms with Gasteiger partial charge in [0.1, 0.15) is 0 Å². The third-order valence-electron chi connectivity index (χ3n) is 3.62. The van der Waals surface area contributed by atoms with Gasteiger partial charge in [-0.05, 0) is 43.0 Å². The van der Waals surface area contributed by atoms with E-state index in [0.29, 0.717) is 6.42 Å². The fraction of sp³-hybridized carbons (Fsp3) is 0.263. The van der Waals surface area contributed by atoms with Gasteiger partial charge in [-0.2, -0.15) is 0 Å². The number of aliphatic hydroxyl groups excluding tert-OH is 1. The first-order valence-corrected chi connectivity index (χ1v) is 7.97. The molecule has 0 aliphatic heterocycles. The first-order valence-electron chi connectivity index (χ1n) is 7.18. The maximum Gasteiger partial charge on any atom is 0.0652 e. The fourth-order valence-electron chi connectivity index (χ4n) is 2.56. The number of benzene rings is 2. The van der Waals surface area contributed by atoms with Crippen molar-refractivity contribution < 1.29 is 5.11 Å². The molecule has 2 aromatic carbocycles. The van der Waals surface area contributed by atoms with Crippen LogP contribution >= 0.6 is 15.9 Å². The predicted molar refractivity (Wildman–Crippen MR) is 92.5 cm³/mol. The third-order valence-corrected chi connectivity index (χ3v) is 4.15. The smallest absolute Gasteiger partial charge is 0.0652 e.